The summed E-state index contributed by atoms with van der Waals surface area (Å²) in [6, 6.07) is 2.74. The van der Waals surface area contributed by atoms with E-state index in [1.54, 1.807) is 0 Å². The van der Waals surface area contributed by atoms with Gasteiger partial charge in [0.1, 0.15) is 0 Å². The second kappa shape index (κ2) is 6.87. The van der Waals surface area contributed by atoms with E-state index < -0.39 is 0 Å². The maximum absolute atomic E-state index is 5.74. The highest BCUT2D eigenvalue weighted by atomic mass is 35.5. The van der Waals surface area contributed by atoms with Gasteiger partial charge in [-0.1, -0.05) is 6.07 Å². The summed E-state index contributed by atoms with van der Waals surface area (Å²) >= 11 is 5.74. The predicted molar refractivity (Wildman–Crippen MR) is 69.9 cm³/mol. The molecule has 3 heteroatoms. The molecule has 0 spiro atoms. The first-order valence-corrected chi connectivity index (χ1v) is 6.37. The van der Waals surface area contributed by atoms with Gasteiger partial charge in [-0.25, -0.2) is 0 Å². The highest BCUT2D eigenvalue weighted by molar-refractivity contribution is 6.17. The van der Waals surface area contributed by atoms with Crippen LogP contribution in [0.1, 0.15) is 31.4 Å². The van der Waals surface area contributed by atoms with Crippen LogP contribution in [0.4, 0.5) is 0 Å². The van der Waals surface area contributed by atoms with Crippen molar-refractivity contribution in [1.82, 2.24) is 9.88 Å². The number of aromatic nitrogens is 1. The molecule has 0 aromatic carbocycles. The molecule has 16 heavy (non-hydrogen) atoms. The van der Waals surface area contributed by atoms with E-state index in [1.807, 2.05) is 12.4 Å². The number of halogens is 1. The molecule has 0 N–H and O–H groups in total. The molecule has 0 radical (unpaired) electrons. The van der Waals surface area contributed by atoms with Crippen LogP contribution in [0.5, 0.6) is 0 Å². The summed E-state index contributed by atoms with van der Waals surface area (Å²) in [7, 11) is 0. The van der Waals surface area contributed by atoms with Gasteiger partial charge in [0.2, 0.25) is 0 Å². The van der Waals surface area contributed by atoms with Crippen molar-refractivity contribution < 1.29 is 0 Å². The summed E-state index contributed by atoms with van der Waals surface area (Å²) in [6.07, 6.45) is 4.88. The van der Waals surface area contributed by atoms with Gasteiger partial charge in [-0.15, -0.1) is 11.6 Å². The summed E-state index contributed by atoms with van der Waals surface area (Å²) in [5.74, 6) is 0.731. The lowest BCUT2D eigenvalue weighted by Crippen LogP contribution is -2.31. The summed E-state index contributed by atoms with van der Waals surface area (Å²) < 4.78 is 0. The molecule has 0 aliphatic heterocycles. The Balaban J connectivity index is 2.60. The third-order valence-electron chi connectivity index (χ3n) is 2.63. The molecule has 1 aromatic heterocycles. The number of nitrogens with zero attached hydrogens (tertiary/aromatic N) is 2. The zero-order valence-corrected chi connectivity index (χ0v) is 11.2. The van der Waals surface area contributed by atoms with Crippen LogP contribution in [0.3, 0.4) is 0 Å². The average Bonchev–Trinajstić information content (AvgIpc) is 2.24. The largest absolute Gasteiger partial charge is 0.297 e. The first-order valence-electron chi connectivity index (χ1n) is 5.84. The Morgan fingerprint density at radius 1 is 1.38 bits per heavy atom. The van der Waals surface area contributed by atoms with E-state index in [1.165, 1.54) is 11.1 Å². The van der Waals surface area contributed by atoms with E-state index in [2.05, 4.69) is 36.7 Å². The van der Waals surface area contributed by atoms with Crippen LogP contribution >= 0.6 is 11.6 Å². The van der Waals surface area contributed by atoms with Gasteiger partial charge in [-0.2, -0.15) is 0 Å². The lowest BCUT2D eigenvalue weighted by Gasteiger charge is -2.26. The number of hydrogen-bond acceptors (Lipinski definition) is 2. The molecule has 0 saturated carbocycles. The van der Waals surface area contributed by atoms with E-state index in [0.717, 1.165) is 25.4 Å². The van der Waals surface area contributed by atoms with Gasteiger partial charge < -0.3 is 0 Å². The number of aryl methyl sites for hydroxylation is 1. The van der Waals surface area contributed by atoms with Crippen LogP contribution in [0, 0.1) is 6.92 Å². The predicted octanol–water partition coefficient (Wildman–Crippen LogP) is 3.23. The van der Waals surface area contributed by atoms with Gasteiger partial charge in [0.25, 0.3) is 0 Å². The van der Waals surface area contributed by atoms with Crippen LogP contribution in [0.15, 0.2) is 18.5 Å². The Labute approximate surface area is 104 Å². The fourth-order valence-corrected chi connectivity index (χ4v) is 1.84. The van der Waals surface area contributed by atoms with Crippen molar-refractivity contribution in [3.8, 4) is 0 Å². The maximum Gasteiger partial charge on any atom is 0.0313 e. The Hall–Kier alpha value is -0.600. The van der Waals surface area contributed by atoms with E-state index in [4.69, 9.17) is 11.6 Å². The van der Waals surface area contributed by atoms with Gasteiger partial charge >= 0.3 is 0 Å². The SMILES string of the molecule is Cc1cncc(CN(CCCCl)C(C)C)c1. The van der Waals surface area contributed by atoms with E-state index in [-0.39, 0.29) is 0 Å². The summed E-state index contributed by atoms with van der Waals surface area (Å²) in [5.41, 5.74) is 2.50. The lowest BCUT2D eigenvalue weighted by molar-refractivity contribution is 0.213. The maximum atomic E-state index is 5.74. The molecule has 0 aliphatic rings. The van der Waals surface area contributed by atoms with Crippen molar-refractivity contribution >= 4 is 11.6 Å². The summed E-state index contributed by atoms with van der Waals surface area (Å²) in [4.78, 5) is 6.65. The summed E-state index contributed by atoms with van der Waals surface area (Å²) in [6.45, 7) is 8.53. The Bertz CT molecular complexity index is 313. The van der Waals surface area contributed by atoms with Crippen LogP contribution in [0.2, 0.25) is 0 Å². The molecule has 90 valence electrons. The van der Waals surface area contributed by atoms with E-state index in [0.29, 0.717) is 6.04 Å². The normalized spacial score (nSPS) is 11.4. The molecule has 1 aromatic rings. The van der Waals surface area contributed by atoms with Gasteiger partial charge in [0.15, 0.2) is 0 Å². The fourth-order valence-electron chi connectivity index (χ4n) is 1.72. The molecule has 1 heterocycles. The van der Waals surface area contributed by atoms with Crippen LogP contribution in [0.25, 0.3) is 0 Å². The smallest absolute Gasteiger partial charge is 0.0313 e. The number of alkyl halides is 1. The first kappa shape index (κ1) is 13.5. The average molecular weight is 241 g/mol. The molecular formula is C13H21ClN2. The molecule has 0 bridgehead atoms. The van der Waals surface area contributed by atoms with Crippen LogP contribution < -0.4 is 0 Å². The van der Waals surface area contributed by atoms with E-state index >= 15 is 0 Å². The molecule has 0 atom stereocenters. The van der Waals surface area contributed by atoms with Gasteiger partial charge in [-0.3, -0.25) is 9.88 Å². The van der Waals surface area contributed by atoms with Crippen molar-refractivity contribution in [2.45, 2.75) is 39.8 Å². The van der Waals surface area contributed by atoms with Gasteiger partial charge in [-0.05, 0) is 44.9 Å². The number of hydrogen-bond donors (Lipinski definition) is 0. The lowest BCUT2D eigenvalue weighted by atomic mass is 10.2. The molecule has 0 unspecified atom stereocenters. The summed E-state index contributed by atoms with van der Waals surface area (Å²) in [5, 5.41) is 0. The van der Waals surface area contributed by atoms with Gasteiger partial charge in [0.05, 0.1) is 0 Å². The standard InChI is InChI=1S/C13H21ClN2/c1-11(2)16(6-4-5-14)10-13-7-12(3)8-15-9-13/h7-9,11H,4-6,10H2,1-3H3. The Morgan fingerprint density at radius 3 is 2.69 bits per heavy atom. The molecule has 0 amide bonds. The molecule has 0 saturated heterocycles. The Morgan fingerprint density at radius 2 is 2.12 bits per heavy atom. The highest BCUT2D eigenvalue weighted by Crippen LogP contribution is 2.09. The zero-order valence-electron chi connectivity index (χ0n) is 10.4. The zero-order chi connectivity index (χ0) is 12.0. The first-order chi connectivity index (χ1) is 7.63. The van der Waals surface area contributed by atoms with Crippen LogP contribution in [-0.4, -0.2) is 28.4 Å². The minimum absolute atomic E-state index is 0.545. The quantitative estimate of drug-likeness (QED) is 0.710. The minimum atomic E-state index is 0.545. The molecule has 2 nitrogen and oxygen atoms in total. The van der Waals surface area contributed by atoms with Crippen molar-refractivity contribution in [2.24, 2.45) is 0 Å². The van der Waals surface area contributed by atoms with Gasteiger partial charge in [0, 0.05) is 30.9 Å². The third kappa shape index (κ3) is 4.50. The highest BCUT2D eigenvalue weighted by Gasteiger charge is 2.09. The number of pyridine rings is 1. The molecule has 0 fully saturated rings. The second-order valence-corrected chi connectivity index (χ2v) is 4.86. The van der Waals surface area contributed by atoms with Crippen molar-refractivity contribution in [2.75, 3.05) is 12.4 Å². The second-order valence-electron chi connectivity index (χ2n) is 4.48. The minimum Gasteiger partial charge on any atom is -0.297 e. The van der Waals surface area contributed by atoms with Crippen molar-refractivity contribution in [1.29, 1.82) is 0 Å². The molecule has 0 aliphatic carbocycles. The third-order valence-corrected chi connectivity index (χ3v) is 2.89. The number of rotatable bonds is 6. The Kier molecular flexibility index (Phi) is 5.78. The van der Waals surface area contributed by atoms with Crippen molar-refractivity contribution in [3.63, 3.8) is 0 Å². The topological polar surface area (TPSA) is 16.1 Å². The molecular weight excluding hydrogens is 220 g/mol. The van der Waals surface area contributed by atoms with Crippen molar-refractivity contribution in [3.05, 3.63) is 29.6 Å². The fraction of sp³-hybridized carbons (Fsp3) is 0.615. The molecule has 1 rings (SSSR count). The van der Waals surface area contributed by atoms with E-state index in [9.17, 15) is 0 Å². The monoisotopic (exact) mass is 240 g/mol. The van der Waals surface area contributed by atoms with Crippen LogP contribution in [-0.2, 0) is 6.54 Å².